The molecule has 2 N–H and O–H groups in total. The Bertz CT molecular complexity index is 2490. The summed E-state index contributed by atoms with van der Waals surface area (Å²) in [6.45, 7) is 10.7. The Morgan fingerprint density at radius 1 is 0.688 bits per heavy atom. The van der Waals surface area contributed by atoms with Crippen LogP contribution in [-0.2, 0) is 42.9 Å². The highest BCUT2D eigenvalue weighted by atomic mass is 35.5. The number of hydrazine groups is 2. The highest BCUT2D eigenvalue weighted by Crippen LogP contribution is 2.45. The van der Waals surface area contributed by atoms with E-state index in [4.69, 9.17) is 26.3 Å². The second kappa shape index (κ2) is 19.3. The fraction of sp³-hybridized carbons (Fsp3) is 0.365. The highest BCUT2D eigenvalue weighted by molar-refractivity contribution is 6.30. The van der Waals surface area contributed by atoms with Crippen molar-refractivity contribution in [2.24, 2.45) is 0 Å². The summed E-state index contributed by atoms with van der Waals surface area (Å²) in [6, 6.07) is 42.3. The summed E-state index contributed by atoms with van der Waals surface area (Å²) in [4.78, 5) is 31.7. The van der Waals surface area contributed by atoms with Gasteiger partial charge in [-0.25, -0.2) is 25.3 Å². The molecule has 1 saturated carbocycles. The van der Waals surface area contributed by atoms with Crippen molar-refractivity contribution in [1.82, 2.24) is 35.5 Å². The number of anilines is 2. The SMILES string of the molecule is O=C(NCCNN(c1nc(C2(c3ccc(Cl)cc3)CCCCC2)nc2cc(N3CCN(CCN4Cc5ccccc5C4)CC3)ccc12)N1Cc2ccccc2C1)OCc1ccccc1. The zero-order valence-corrected chi connectivity index (χ0v) is 37.4. The lowest BCUT2D eigenvalue weighted by molar-refractivity contribution is 0.139. The molecule has 1 aromatic heterocycles. The van der Waals surface area contributed by atoms with Gasteiger partial charge in [0.25, 0.3) is 0 Å². The number of hydrogen-bond acceptors (Lipinski definition) is 10. The zero-order chi connectivity index (χ0) is 43.3. The van der Waals surface area contributed by atoms with E-state index >= 15 is 0 Å². The number of halogens is 1. The topological polar surface area (TPSA) is 92.3 Å². The zero-order valence-electron chi connectivity index (χ0n) is 36.6. The number of ether oxygens (including phenoxy) is 1. The summed E-state index contributed by atoms with van der Waals surface area (Å²) in [5, 5.41) is 9.08. The van der Waals surface area contributed by atoms with Gasteiger partial charge in [0.1, 0.15) is 12.4 Å². The summed E-state index contributed by atoms with van der Waals surface area (Å²) in [5.41, 5.74) is 13.1. The van der Waals surface area contributed by atoms with Crippen molar-refractivity contribution in [3.8, 4) is 0 Å². The number of benzene rings is 5. The van der Waals surface area contributed by atoms with Gasteiger partial charge in [-0.2, -0.15) is 5.01 Å². The average molecular weight is 877 g/mol. The molecule has 0 spiro atoms. The van der Waals surface area contributed by atoms with Gasteiger partial charge in [-0.1, -0.05) is 122 Å². The van der Waals surface area contributed by atoms with Gasteiger partial charge in [0.2, 0.25) is 0 Å². The van der Waals surface area contributed by atoms with Crippen molar-refractivity contribution in [2.75, 3.05) is 62.4 Å². The normalized spacial score (nSPS) is 17.6. The number of carbonyl (C=O) groups excluding carboxylic acids is 1. The van der Waals surface area contributed by atoms with Crippen molar-refractivity contribution < 1.29 is 9.53 Å². The number of nitrogens with one attached hydrogen (secondary N) is 2. The Kier molecular flexibility index (Phi) is 12.8. The number of nitrogens with zero attached hydrogens (tertiary/aromatic N) is 7. The lowest BCUT2D eigenvalue weighted by atomic mass is 9.68. The summed E-state index contributed by atoms with van der Waals surface area (Å²) in [7, 11) is 0. The smallest absolute Gasteiger partial charge is 0.407 e. The first kappa shape index (κ1) is 42.4. The number of hydrogen-bond donors (Lipinski definition) is 2. The number of rotatable bonds is 14. The van der Waals surface area contributed by atoms with Crippen molar-refractivity contribution in [3.63, 3.8) is 0 Å². The molecule has 5 aromatic carbocycles. The molecule has 64 heavy (non-hydrogen) atoms. The van der Waals surface area contributed by atoms with E-state index in [1.165, 1.54) is 39.9 Å². The molecule has 2 fully saturated rings. The lowest BCUT2D eigenvalue weighted by Gasteiger charge is -2.39. The Balaban J connectivity index is 0.936. The van der Waals surface area contributed by atoms with Crippen LogP contribution in [0.4, 0.5) is 16.3 Å². The highest BCUT2D eigenvalue weighted by Gasteiger charge is 2.40. The predicted octanol–water partition coefficient (Wildman–Crippen LogP) is 8.84. The minimum atomic E-state index is -0.450. The number of piperazine rings is 1. The number of amides is 1. The van der Waals surface area contributed by atoms with E-state index in [2.05, 4.69) is 114 Å². The maximum Gasteiger partial charge on any atom is 0.407 e. The molecule has 4 aliphatic rings. The molecule has 1 amide bonds. The third kappa shape index (κ3) is 9.32. The fourth-order valence-corrected chi connectivity index (χ4v) is 10.3. The molecule has 4 heterocycles. The van der Waals surface area contributed by atoms with Gasteiger partial charge in [0, 0.05) is 94.6 Å². The molecule has 10 rings (SSSR count). The molecule has 1 aliphatic carbocycles. The summed E-state index contributed by atoms with van der Waals surface area (Å²) in [5.74, 6) is 1.65. The molecule has 0 unspecified atom stereocenters. The van der Waals surface area contributed by atoms with Gasteiger partial charge in [-0.05, 0) is 76.6 Å². The van der Waals surface area contributed by atoms with Crippen LogP contribution in [0.1, 0.15) is 71.3 Å². The molecule has 6 aromatic rings. The number of carbonyl (C=O) groups is 1. The quantitative estimate of drug-likeness (QED) is 0.0818. The minimum Gasteiger partial charge on any atom is -0.445 e. The molecule has 0 radical (unpaired) electrons. The molecule has 11 nitrogen and oxygen atoms in total. The van der Waals surface area contributed by atoms with E-state index in [1.807, 2.05) is 42.5 Å². The van der Waals surface area contributed by atoms with E-state index in [1.54, 1.807) is 0 Å². The van der Waals surface area contributed by atoms with E-state index < -0.39 is 6.09 Å². The Labute approximate surface area is 381 Å². The first-order valence-corrected chi connectivity index (χ1v) is 23.5. The van der Waals surface area contributed by atoms with Crippen LogP contribution in [0, 0.1) is 0 Å². The van der Waals surface area contributed by atoms with E-state index in [0.717, 1.165) is 111 Å². The van der Waals surface area contributed by atoms with E-state index in [9.17, 15) is 4.79 Å². The average Bonchev–Trinajstić information content (AvgIpc) is 3.98. The van der Waals surface area contributed by atoms with Crippen LogP contribution in [0.5, 0.6) is 0 Å². The van der Waals surface area contributed by atoms with Crippen LogP contribution in [0.15, 0.2) is 121 Å². The van der Waals surface area contributed by atoms with Crippen molar-refractivity contribution in [2.45, 2.75) is 70.3 Å². The molecular weight excluding hydrogens is 818 g/mol. The minimum absolute atomic E-state index is 0.218. The summed E-state index contributed by atoms with van der Waals surface area (Å²) >= 11 is 6.49. The maximum absolute atomic E-state index is 12.8. The number of fused-ring (bicyclic) bond motifs is 3. The largest absolute Gasteiger partial charge is 0.445 e. The molecule has 330 valence electrons. The van der Waals surface area contributed by atoms with Crippen LogP contribution in [0.2, 0.25) is 5.02 Å². The van der Waals surface area contributed by atoms with E-state index in [0.29, 0.717) is 26.2 Å². The first-order valence-electron chi connectivity index (χ1n) is 23.1. The van der Waals surface area contributed by atoms with E-state index in [-0.39, 0.29) is 12.0 Å². The van der Waals surface area contributed by atoms with Crippen molar-refractivity contribution >= 4 is 40.1 Å². The molecule has 0 bridgehead atoms. The van der Waals surface area contributed by atoms with Crippen LogP contribution >= 0.6 is 11.6 Å². The van der Waals surface area contributed by atoms with Gasteiger partial charge in [-0.3, -0.25) is 9.80 Å². The van der Waals surface area contributed by atoms with Gasteiger partial charge in [0.05, 0.1) is 10.9 Å². The van der Waals surface area contributed by atoms with Crippen LogP contribution in [0.25, 0.3) is 10.9 Å². The molecule has 3 aliphatic heterocycles. The Morgan fingerprint density at radius 2 is 1.33 bits per heavy atom. The molecule has 0 atom stereocenters. The molecule has 1 saturated heterocycles. The third-order valence-corrected chi connectivity index (χ3v) is 14.0. The lowest BCUT2D eigenvalue weighted by Crippen LogP contribution is -2.52. The maximum atomic E-state index is 12.8. The Hall–Kier alpha value is -5.56. The molecule has 12 heteroatoms. The van der Waals surface area contributed by atoms with Crippen LogP contribution < -0.4 is 20.8 Å². The standard InChI is InChI=1S/C52H58ClN9O2/c53-45-19-17-44(18-20-45)52(23-9-2-10-24-52)50-56-48-33-46(60-31-29-58(30-32-60)27-28-59-34-40-13-5-6-14-41(40)35-59)21-22-47(48)49(57-50)62(61-36-42-15-7-8-16-43(42)37-61)55-26-25-54-51(63)64-38-39-11-3-1-4-12-39/h1,3-8,11-22,33,55H,2,9-10,23-32,34-38H2,(H,54,63). The van der Waals surface area contributed by atoms with Crippen molar-refractivity contribution in [1.29, 1.82) is 0 Å². The second-order valence-electron chi connectivity index (χ2n) is 17.8. The third-order valence-electron chi connectivity index (χ3n) is 13.7. The number of aromatic nitrogens is 2. The van der Waals surface area contributed by atoms with Gasteiger partial charge in [0.15, 0.2) is 5.82 Å². The first-order chi connectivity index (χ1) is 31.5. The predicted molar refractivity (Wildman–Crippen MR) is 255 cm³/mol. The fourth-order valence-electron chi connectivity index (χ4n) is 10.2. The Morgan fingerprint density at radius 3 is 2.02 bits per heavy atom. The van der Waals surface area contributed by atoms with Gasteiger partial charge in [-0.15, -0.1) is 0 Å². The van der Waals surface area contributed by atoms with Crippen LogP contribution in [-0.4, -0.2) is 83.2 Å². The van der Waals surface area contributed by atoms with Gasteiger partial charge < -0.3 is 15.0 Å². The monoisotopic (exact) mass is 875 g/mol. The summed E-state index contributed by atoms with van der Waals surface area (Å²) < 4.78 is 5.53. The van der Waals surface area contributed by atoms with Crippen LogP contribution in [0.3, 0.4) is 0 Å². The second-order valence-corrected chi connectivity index (χ2v) is 18.3. The molecular formula is C52H58ClN9O2. The van der Waals surface area contributed by atoms with Gasteiger partial charge >= 0.3 is 6.09 Å². The van der Waals surface area contributed by atoms with Crippen molar-refractivity contribution in [3.05, 3.63) is 166 Å². The summed E-state index contributed by atoms with van der Waals surface area (Å²) in [6.07, 6.45) is 4.87. The number of alkyl carbamates (subject to hydrolysis) is 1.